The lowest BCUT2D eigenvalue weighted by Crippen LogP contribution is -2.47. The number of amides is 2. The van der Waals surface area contributed by atoms with Gasteiger partial charge in [-0.1, -0.05) is 48.5 Å². The molecule has 156 valence electrons. The number of Topliss-reactive ketones (excluding diaryl/α,β-unsaturated/α-hetero) is 1. The van der Waals surface area contributed by atoms with E-state index in [1.54, 1.807) is 19.4 Å². The smallest absolute Gasteiger partial charge is 0.287 e. The van der Waals surface area contributed by atoms with Crippen molar-refractivity contribution in [3.63, 3.8) is 0 Å². The summed E-state index contributed by atoms with van der Waals surface area (Å²) < 4.78 is 1.54. The van der Waals surface area contributed by atoms with Gasteiger partial charge in [-0.2, -0.15) is 5.10 Å². The molecule has 0 aliphatic carbocycles. The van der Waals surface area contributed by atoms with E-state index in [0.717, 1.165) is 22.0 Å². The average Bonchev–Trinajstić information content (AvgIpc) is 3.36. The number of fused-ring (bicyclic) bond motifs is 1. The molecule has 2 heterocycles. The van der Waals surface area contributed by atoms with Gasteiger partial charge >= 0.3 is 0 Å². The van der Waals surface area contributed by atoms with Gasteiger partial charge in [0, 0.05) is 42.3 Å². The predicted octanol–water partition coefficient (Wildman–Crippen LogP) is 1.96. The predicted molar refractivity (Wildman–Crippen MR) is 116 cm³/mol. The molecule has 0 aliphatic heterocycles. The monoisotopic (exact) mass is 415 g/mol. The number of aromatic amines is 1. The zero-order chi connectivity index (χ0) is 22.0. The number of ketones is 1. The van der Waals surface area contributed by atoms with Crippen LogP contribution >= 0.6 is 0 Å². The summed E-state index contributed by atoms with van der Waals surface area (Å²) in [5.74, 6) is -2.46. The van der Waals surface area contributed by atoms with Gasteiger partial charge in [0.1, 0.15) is 11.7 Å². The third-order valence-electron chi connectivity index (χ3n) is 5.07. The molecule has 2 amide bonds. The van der Waals surface area contributed by atoms with Crippen LogP contribution in [-0.4, -0.2) is 38.4 Å². The fourth-order valence-electron chi connectivity index (χ4n) is 3.59. The zero-order valence-corrected chi connectivity index (χ0v) is 16.8. The number of hydrogen-bond acceptors (Lipinski definition) is 4. The number of hydrogen-bond donors (Lipinski definition) is 3. The Morgan fingerprint density at radius 3 is 2.55 bits per heavy atom. The van der Waals surface area contributed by atoms with Crippen LogP contribution in [0.5, 0.6) is 0 Å². The number of nitrogens with zero attached hydrogens (tertiary/aromatic N) is 2. The van der Waals surface area contributed by atoms with Crippen molar-refractivity contribution in [2.45, 2.75) is 12.5 Å². The Morgan fingerprint density at radius 1 is 1.10 bits per heavy atom. The number of benzene rings is 2. The maximum Gasteiger partial charge on any atom is 0.287 e. The lowest BCUT2D eigenvalue weighted by Gasteiger charge is -2.16. The molecule has 31 heavy (non-hydrogen) atoms. The van der Waals surface area contributed by atoms with E-state index in [2.05, 4.69) is 15.4 Å². The largest absolute Gasteiger partial charge is 0.363 e. The van der Waals surface area contributed by atoms with Crippen molar-refractivity contribution in [1.29, 1.82) is 0 Å². The topological polar surface area (TPSA) is 123 Å². The van der Waals surface area contributed by atoms with Crippen molar-refractivity contribution >= 4 is 28.5 Å². The van der Waals surface area contributed by atoms with E-state index in [0.29, 0.717) is 11.3 Å². The molecule has 4 aromatic rings. The zero-order valence-electron chi connectivity index (χ0n) is 16.8. The van der Waals surface area contributed by atoms with Gasteiger partial charge in [0.25, 0.3) is 11.8 Å². The van der Waals surface area contributed by atoms with Crippen LogP contribution in [0, 0.1) is 0 Å². The highest BCUT2D eigenvalue weighted by Crippen LogP contribution is 2.29. The normalized spacial score (nSPS) is 11.9. The van der Waals surface area contributed by atoms with Crippen LogP contribution in [0.25, 0.3) is 22.2 Å². The number of nitrogens with one attached hydrogen (secondary N) is 2. The SMILES string of the molecule is Cn1cc(C(=O)NC(Cc2ccccc2)C(=O)C(N)=O)c(-c2c[nH]c3ccccc23)n1. The summed E-state index contributed by atoms with van der Waals surface area (Å²) >= 11 is 0. The second-order valence-corrected chi connectivity index (χ2v) is 7.26. The molecule has 0 bridgehead atoms. The van der Waals surface area contributed by atoms with Gasteiger partial charge in [0.05, 0.1) is 5.56 Å². The first-order valence-electron chi connectivity index (χ1n) is 9.72. The molecular formula is C23H21N5O3. The molecule has 2 aromatic heterocycles. The fraction of sp³-hybridized carbons (Fsp3) is 0.130. The third-order valence-corrected chi connectivity index (χ3v) is 5.07. The van der Waals surface area contributed by atoms with E-state index in [1.807, 2.05) is 54.6 Å². The summed E-state index contributed by atoms with van der Waals surface area (Å²) in [5, 5.41) is 8.05. The van der Waals surface area contributed by atoms with Gasteiger partial charge in [-0.25, -0.2) is 0 Å². The quantitative estimate of drug-likeness (QED) is 0.399. The average molecular weight is 415 g/mol. The van der Waals surface area contributed by atoms with Gasteiger partial charge in [-0.05, 0) is 11.6 Å². The molecule has 0 fully saturated rings. The van der Waals surface area contributed by atoms with Gasteiger partial charge in [0.2, 0.25) is 5.78 Å². The summed E-state index contributed by atoms with van der Waals surface area (Å²) in [4.78, 5) is 40.3. The molecule has 2 aromatic carbocycles. The molecular weight excluding hydrogens is 394 g/mol. The number of carbonyl (C=O) groups is 3. The lowest BCUT2D eigenvalue weighted by molar-refractivity contribution is -0.137. The van der Waals surface area contributed by atoms with Crippen molar-refractivity contribution < 1.29 is 14.4 Å². The highest BCUT2D eigenvalue weighted by Gasteiger charge is 2.28. The van der Waals surface area contributed by atoms with Crippen LogP contribution in [0.3, 0.4) is 0 Å². The molecule has 4 rings (SSSR count). The minimum atomic E-state index is -1.09. The Labute approximate surface area is 178 Å². The minimum Gasteiger partial charge on any atom is -0.363 e. The minimum absolute atomic E-state index is 0.150. The van der Waals surface area contributed by atoms with E-state index >= 15 is 0 Å². The van der Waals surface area contributed by atoms with Crippen molar-refractivity contribution in [2.24, 2.45) is 12.8 Å². The first-order valence-corrected chi connectivity index (χ1v) is 9.72. The first-order chi connectivity index (χ1) is 14.9. The molecule has 4 N–H and O–H groups in total. The van der Waals surface area contributed by atoms with Crippen LogP contribution in [-0.2, 0) is 23.1 Å². The number of H-pyrrole nitrogens is 1. The Bertz CT molecular complexity index is 1270. The summed E-state index contributed by atoms with van der Waals surface area (Å²) in [6, 6.07) is 15.7. The number of rotatable bonds is 7. The van der Waals surface area contributed by atoms with Crippen LogP contribution in [0.2, 0.25) is 0 Å². The highest BCUT2D eigenvalue weighted by atomic mass is 16.2. The fourth-order valence-corrected chi connectivity index (χ4v) is 3.59. The van der Waals surface area contributed by atoms with Crippen molar-refractivity contribution in [1.82, 2.24) is 20.1 Å². The summed E-state index contributed by atoms with van der Waals surface area (Å²) in [6.45, 7) is 0. The number of nitrogens with two attached hydrogens (primary N) is 1. The van der Waals surface area contributed by atoms with Crippen LogP contribution < -0.4 is 11.1 Å². The molecule has 1 atom stereocenters. The number of aryl methyl sites for hydroxylation is 1. The number of aromatic nitrogens is 3. The molecule has 1 unspecified atom stereocenters. The van der Waals surface area contributed by atoms with E-state index in [4.69, 9.17) is 5.73 Å². The molecule has 0 saturated heterocycles. The molecule has 8 heteroatoms. The van der Waals surface area contributed by atoms with E-state index in [1.165, 1.54) is 4.68 Å². The molecule has 0 radical (unpaired) electrons. The Kier molecular flexibility index (Phi) is 5.36. The standard InChI is InChI=1S/C23H21N5O3/c1-28-13-17(20(27-28)16-12-25-18-10-6-5-9-15(16)18)23(31)26-19(21(29)22(24)30)11-14-7-3-2-4-8-14/h2-10,12-13,19,25H,11H2,1H3,(H2,24,30)(H,26,31). The second-order valence-electron chi connectivity index (χ2n) is 7.26. The van der Waals surface area contributed by atoms with Gasteiger partial charge < -0.3 is 16.0 Å². The maximum absolute atomic E-state index is 13.2. The van der Waals surface area contributed by atoms with Crippen molar-refractivity contribution in [3.8, 4) is 11.3 Å². The Balaban J connectivity index is 1.67. The van der Waals surface area contributed by atoms with Gasteiger partial charge in [0.15, 0.2) is 0 Å². The first kappa shape index (κ1) is 20.1. The highest BCUT2D eigenvalue weighted by molar-refractivity contribution is 6.38. The summed E-state index contributed by atoms with van der Waals surface area (Å²) in [7, 11) is 1.71. The van der Waals surface area contributed by atoms with Crippen LogP contribution in [0.1, 0.15) is 15.9 Å². The molecule has 0 saturated carbocycles. The van der Waals surface area contributed by atoms with E-state index < -0.39 is 23.6 Å². The summed E-state index contributed by atoms with van der Waals surface area (Å²) in [5.41, 5.74) is 8.47. The van der Waals surface area contributed by atoms with Gasteiger partial charge in [-0.15, -0.1) is 0 Å². The third kappa shape index (κ3) is 4.09. The number of para-hydroxylation sites is 1. The van der Waals surface area contributed by atoms with E-state index in [-0.39, 0.29) is 6.42 Å². The number of primary amides is 1. The lowest BCUT2D eigenvalue weighted by atomic mass is 10.0. The van der Waals surface area contributed by atoms with Crippen LogP contribution in [0.4, 0.5) is 0 Å². The molecule has 0 aliphatic rings. The maximum atomic E-state index is 13.2. The Morgan fingerprint density at radius 2 is 1.81 bits per heavy atom. The molecule has 0 spiro atoms. The van der Waals surface area contributed by atoms with Gasteiger partial charge in [-0.3, -0.25) is 19.1 Å². The Hall–Kier alpha value is -4.20. The van der Waals surface area contributed by atoms with E-state index in [9.17, 15) is 14.4 Å². The number of carbonyl (C=O) groups excluding carboxylic acids is 3. The van der Waals surface area contributed by atoms with Crippen LogP contribution in [0.15, 0.2) is 67.0 Å². The van der Waals surface area contributed by atoms with Crippen molar-refractivity contribution in [3.05, 3.63) is 78.1 Å². The van der Waals surface area contributed by atoms with Crippen molar-refractivity contribution in [2.75, 3.05) is 0 Å². The second kappa shape index (κ2) is 8.27. The molecule has 8 nitrogen and oxygen atoms in total. The summed E-state index contributed by atoms with van der Waals surface area (Å²) in [6.07, 6.45) is 3.53.